The second-order valence-corrected chi connectivity index (χ2v) is 4.93. The number of hydrogen-bond donors (Lipinski definition) is 0. The molecule has 0 aliphatic heterocycles. The molecule has 0 saturated heterocycles. The first-order chi connectivity index (χ1) is 9.10. The summed E-state index contributed by atoms with van der Waals surface area (Å²) in [5, 5.41) is 10.7. The Labute approximate surface area is 123 Å². The Morgan fingerprint density at radius 2 is 2.05 bits per heavy atom. The van der Waals surface area contributed by atoms with Gasteiger partial charge in [0.25, 0.3) is 5.69 Å². The number of hydrogen-bond acceptors (Lipinski definition) is 3. The van der Waals surface area contributed by atoms with Crippen molar-refractivity contribution in [3.63, 3.8) is 0 Å². The molecule has 0 spiro atoms. The van der Waals surface area contributed by atoms with Crippen LogP contribution in [0.15, 0.2) is 46.9 Å². The van der Waals surface area contributed by atoms with Crippen LogP contribution in [0, 0.1) is 10.1 Å². The smallest absolute Gasteiger partial charge is 0.273 e. The number of halogens is 2. The van der Waals surface area contributed by atoms with Crippen molar-refractivity contribution in [1.29, 1.82) is 0 Å². The molecule has 6 heteroatoms. The third-order valence-electron chi connectivity index (χ3n) is 2.42. The van der Waals surface area contributed by atoms with Gasteiger partial charge in [0, 0.05) is 16.1 Å². The normalized spacial score (nSPS) is 10.2. The maximum atomic E-state index is 10.7. The van der Waals surface area contributed by atoms with Gasteiger partial charge in [-0.2, -0.15) is 0 Å². The Morgan fingerprint density at radius 3 is 2.74 bits per heavy atom. The van der Waals surface area contributed by atoms with Crippen LogP contribution in [-0.4, -0.2) is 4.92 Å². The summed E-state index contributed by atoms with van der Waals surface area (Å²) in [6, 6.07) is 11.5. The van der Waals surface area contributed by atoms with E-state index in [1.54, 1.807) is 18.2 Å². The molecule has 2 rings (SSSR count). The quantitative estimate of drug-likeness (QED) is 0.451. The van der Waals surface area contributed by atoms with Crippen molar-refractivity contribution in [3.05, 3.63) is 62.6 Å². The fraction of sp³-hybridized carbons (Fsp3) is 0.0769. The molecular formula is C13H9BrClNO3. The van der Waals surface area contributed by atoms with Crippen molar-refractivity contribution in [3.8, 4) is 11.5 Å². The third kappa shape index (κ3) is 3.45. The minimum atomic E-state index is -0.461. The maximum Gasteiger partial charge on any atom is 0.273 e. The molecule has 0 aliphatic carbocycles. The number of nitrogens with zero attached hydrogens (tertiary/aromatic N) is 1. The highest BCUT2D eigenvalue weighted by molar-refractivity contribution is 9.10. The number of non-ortho nitro benzene ring substituents is 1. The highest BCUT2D eigenvalue weighted by Crippen LogP contribution is 2.30. The summed E-state index contributed by atoms with van der Waals surface area (Å²) in [4.78, 5) is 10.2. The van der Waals surface area contributed by atoms with Crippen LogP contribution in [-0.2, 0) is 5.88 Å². The molecule has 19 heavy (non-hydrogen) atoms. The summed E-state index contributed by atoms with van der Waals surface area (Å²) in [5.74, 6) is 1.28. The van der Waals surface area contributed by atoms with Crippen molar-refractivity contribution >= 4 is 33.2 Å². The monoisotopic (exact) mass is 341 g/mol. The van der Waals surface area contributed by atoms with E-state index in [4.69, 9.17) is 16.3 Å². The van der Waals surface area contributed by atoms with Gasteiger partial charge in [0.15, 0.2) is 0 Å². The van der Waals surface area contributed by atoms with E-state index in [0.29, 0.717) is 17.4 Å². The fourth-order valence-electron chi connectivity index (χ4n) is 1.54. The number of rotatable bonds is 4. The first-order valence-electron chi connectivity index (χ1n) is 5.37. The molecule has 0 N–H and O–H groups in total. The minimum absolute atomic E-state index is 0.0120. The van der Waals surface area contributed by atoms with E-state index in [9.17, 15) is 10.1 Å². The Balaban J connectivity index is 2.30. The fourth-order valence-corrected chi connectivity index (χ4v) is 2.16. The summed E-state index contributed by atoms with van der Waals surface area (Å²) in [7, 11) is 0. The highest BCUT2D eigenvalue weighted by atomic mass is 79.9. The van der Waals surface area contributed by atoms with E-state index < -0.39 is 4.92 Å². The predicted molar refractivity (Wildman–Crippen MR) is 76.9 cm³/mol. The molecule has 0 bridgehead atoms. The van der Waals surface area contributed by atoms with Crippen LogP contribution in [0.5, 0.6) is 11.5 Å². The first-order valence-corrected chi connectivity index (χ1v) is 6.69. The van der Waals surface area contributed by atoms with Crippen LogP contribution in [0.2, 0.25) is 0 Å². The van der Waals surface area contributed by atoms with Crippen LogP contribution in [0.3, 0.4) is 0 Å². The van der Waals surface area contributed by atoms with Crippen LogP contribution in [0.4, 0.5) is 5.69 Å². The van der Waals surface area contributed by atoms with E-state index in [1.807, 2.05) is 12.1 Å². The highest BCUT2D eigenvalue weighted by Gasteiger charge is 2.09. The van der Waals surface area contributed by atoms with Gasteiger partial charge in [-0.15, -0.1) is 11.6 Å². The molecule has 0 amide bonds. The molecule has 2 aromatic rings. The maximum absolute atomic E-state index is 10.7. The number of nitro groups is 1. The first kappa shape index (κ1) is 13.8. The molecule has 4 nitrogen and oxygen atoms in total. The average molecular weight is 343 g/mol. The lowest BCUT2D eigenvalue weighted by atomic mass is 10.2. The molecule has 0 fully saturated rings. The lowest BCUT2D eigenvalue weighted by Crippen LogP contribution is -1.92. The molecule has 0 aliphatic rings. The van der Waals surface area contributed by atoms with Gasteiger partial charge < -0.3 is 4.74 Å². The van der Waals surface area contributed by atoms with E-state index in [0.717, 1.165) is 10.0 Å². The summed E-state index contributed by atoms with van der Waals surface area (Å²) in [5.41, 5.74) is 0.796. The van der Waals surface area contributed by atoms with Crippen molar-refractivity contribution in [2.75, 3.05) is 0 Å². The molecule has 0 atom stereocenters. The van der Waals surface area contributed by atoms with E-state index in [2.05, 4.69) is 15.9 Å². The number of ether oxygens (including phenoxy) is 1. The summed E-state index contributed by atoms with van der Waals surface area (Å²) in [6.45, 7) is 0. The Hall–Kier alpha value is -1.59. The zero-order valence-corrected chi connectivity index (χ0v) is 12.0. The molecule has 0 saturated carbocycles. The third-order valence-corrected chi connectivity index (χ3v) is 3.20. The summed E-state index contributed by atoms with van der Waals surface area (Å²) in [6.07, 6.45) is 0. The second-order valence-electron chi connectivity index (χ2n) is 3.74. The van der Waals surface area contributed by atoms with E-state index in [1.165, 1.54) is 12.1 Å². The van der Waals surface area contributed by atoms with Crippen molar-refractivity contribution < 1.29 is 9.66 Å². The topological polar surface area (TPSA) is 52.4 Å². The van der Waals surface area contributed by atoms with Crippen LogP contribution in [0.1, 0.15) is 5.56 Å². The van der Waals surface area contributed by atoms with Gasteiger partial charge in [0.2, 0.25) is 0 Å². The zero-order chi connectivity index (χ0) is 13.8. The predicted octanol–water partition coefficient (Wildman–Crippen LogP) is 4.89. The van der Waals surface area contributed by atoms with Crippen LogP contribution in [0.25, 0.3) is 0 Å². The zero-order valence-electron chi connectivity index (χ0n) is 9.68. The second kappa shape index (κ2) is 6.04. The lowest BCUT2D eigenvalue weighted by molar-refractivity contribution is -0.384. The van der Waals surface area contributed by atoms with Gasteiger partial charge in [-0.3, -0.25) is 10.1 Å². The van der Waals surface area contributed by atoms with Crippen LogP contribution < -0.4 is 4.74 Å². The molecule has 0 heterocycles. The van der Waals surface area contributed by atoms with Gasteiger partial charge >= 0.3 is 0 Å². The standard InChI is InChI=1S/C13H9BrClNO3/c14-10-4-5-13(9(6-10)8-15)19-12-3-1-2-11(7-12)16(17)18/h1-7H,8H2. The van der Waals surface area contributed by atoms with Gasteiger partial charge in [-0.05, 0) is 24.3 Å². The van der Waals surface area contributed by atoms with E-state index in [-0.39, 0.29) is 5.69 Å². The molecule has 98 valence electrons. The van der Waals surface area contributed by atoms with Gasteiger partial charge in [-0.25, -0.2) is 0 Å². The van der Waals surface area contributed by atoms with Crippen LogP contribution >= 0.6 is 27.5 Å². The van der Waals surface area contributed by atoms with Gasteiger partial charge in [-0.1, -0.05) is 22.0 Å². The van der Waals surface area contributed by atoms with E-state index >= 15 is 0 Å². The Bertz CT molecular complexity index is 619. The Kier molecular flexibility index (Phi) is 4.39. The van der Waals surface area contributed by atoms with Gasteiger partial charge in [0.1, 0.15) is 11.5 Å². The van der Waals surface area contributed by atoms with Crippen molar-refractivity contribution in [1.82, 2.24) is 0 Å². The van der Waals surface area contributed by atoms with Crippen molar-refractivity contribution in [2.24, 2.45) is 0 Å². The number of benzene rings is 2. The number of alkyl halides is 1. The largest absolute Gasteiger partial charge is 0.457 e. The lowest BCUT2D eigenvalue weighted by Gasteiger charge is -2.09. The summed E-state index contributed by atoms with van der Waals surface area (Å²) >= 11 is 9.19. The molecule has 0 unspecified atom stereocenters. The Morgan fingerprint density at radius 1 is 1.26 bits per heavy atom. The average Bonchev–Trinajstić information content (AvgIpc) is 2.41. The number of nitro benzene ring substituents is 1. The molecule has 0 radical (unpaired) electrons. The van der Waals surface area contributed by atoms with Crippen molar-refractivity contribution in [2.45, 2.75) is 5.88 Å². The molecule has 0 aromatic heterocycles. The minimum Gasteiger partial charge on any atom is -0.457 e. The summed E-state index contributed by atoms with van der Waals surface area (Å²) < 4.78 is 6.53. The van der Waals surface area contributed by atoms with Gasteiger partial charge in [0.05, 0.1) is 16.9 Å². The molecular weight excluding hydrogens is 334 g/mol. The SMILES string of the molecule is O=[N+]([O-])c1cccc(Oc2ccc(Br)cc2CCl)c1. The molecule has 2 aromatic carbocycles.